The van der Waals surface area contributed by atoms with Crippen LogP contribution in [0.5, 0.6) is 0 Å². The first-order valence-corrected chi connectivity index (χ1v) is 11.0. The zero-order chi connectivity index (χ0) is 17.2. The molecular formula is C19H27N3OS2. The predicted molar refractivity (Wildman–Crippen MR) is 105 cm³/mol. The molecule has 0 saturated carbocycles. The molecule has 4 rings (SSSR count). The highest BCUT2D eigenvalue weighted by Crippen LogP contribution is 2.29. The smallest absolute Gasteiger partial charge is 0.133 e. The lowest BCUT2D eigenvalue weighted by Gasteiger charge is -2.38. The molecule has 0 aromatic carbocycles. The molecule has 2 saturated heterocycles. The van der Waals surface area contributed by atoms with Crippen molar-refractivity contribution < 1.29 is 4.74 Å². The Morgan fingerprint density at radius 1 is 1.24 bits per heavy atom. The summed E-state index contributed by atoms with van der Waals surface area (Å²) in [4.78, 5) is 11.4. The minimum atomic E-state index is 0.352. The number of thiazole rings is 1. The van der Waals surface area contributed by atoms with Gasteiger partial charge in [-0.2, -0.15) is 0 Å². The topological polar surface area (TPSA) is 28.6 Å². The molecule has 2 aromatic rings. The summed E-state index contributed by atoms with van der Waals surface area (Å²) in [6, 6.07) is 4.92. The first kappa shape index (κ1) is 17.6. The van der Waals surface area contributed by atoms with Gasteiger partial charge in [-0.25, -0.2) is 4.98 Å². The SMILES string of the molecule is CC1CN(CC2CCCN2Cc2csc(-c3cccs3)n2)CC(C)O1. The molecule has 2 aromatic heterocycles. The van der Waals surface area contributed by atoms with E-state index in [0.29, 0.717) is 18.2 Å². The third-order valence-corrected chi connectivity index (χ3v) is 7.04. The Balaban J connectivity index is 1.37. The summed E-state index contributed by atoms with van der Waals surface area (Å²) < 4.78 is 5.88. The van der Waals surface area contributed by atoms with Crippen molar-refractivity contribution in [3.05, 3.63) is 28.6 Å². The van der Waals surface area contributed by atoms with E-state index < -0.39 is 0 Å². The number of morpholine rings is 1. The molecule has 4 heterocycles. The molecule has 0 N–H and O–H groups in total. The summed E-state index contributed by atoms with van der Waals surface area (Å²) in [5, 5.41) is 5.53. The monoisotopic (exact) mass is 377 g/mol. The van der Waals surface area contributed by atoms with E-state index in [1.165, 1.54) is 36.5 Å². The zero-order valence-corrected chi connectivity index (χ0v) is 16.7. The molecule has 0 amide bonds. The van der Waals surface area contributed by atoms with Gasteiger partial charge in [0.1, 0.15) is 5.01 Å². The lowest BCUT2D eigenvalue weighted by Crippen LogP contribution is -2.50. The Kier molecular flexibility index (Phi) is 5.53. The van der Waals surface area contributed by atoms with Crippen molar-refractivity contribution in [1.29, 1.82) is 0 Å². The summed E-state index contributed by atoms with van der Waals surface area (Å²) in [5.74, 6) is 0. The van der Waals surface area contributed by atoms with E-state index in [4.69, 9.17) is 9.72 Å². The lowest BCUT2D eigenvalue weighted by molar-refractivity contribution is -0.0724. The molecule has 3 atom stereocenters. The van der Waals surface area contributed by atoms with Crippen molar-refractivity contribution >= 4 is 22.7 Å². The van der Waals surface area contributed by atoms with Gasteiger partial charge in [0.05, 0.1) is 22.8 Å². The third-order valence-electron chi connectivity index (χ3n) is 5.11. The van der Waals surface area contributed by atoms with Gasteiger partial charge in [0.15, 0.2) is 0 Å². The Morgan fingerprint density at radius 2 is 2.08 bits per heavy atom. The van der Waals surface area contributed by atoms with Crippen LogP contribution in [0.2, 0.25) is 0 Å². The fourth-order valence-corrected chi connectivity index (χ4v) is 5.77. The number of aromatic nitrogens is 1. The Hall–Kier alpha value is -0.790. The van der Waals surface area contributed by atoms with Gasteiger partial charge in [0.2, 0.25) is 0 Å². The van der Waals surface area contributed by atoms with Crippen molar-refractivity contribution in [2.24, 2.45) is 0 Å². The van der Waals surface area contributed by atoms with E-state index in [1.807, 2.05) is 0 Å². The van der Waals surface area contributed by atoms with Crippen molar-refractivity contribution in [1.82, 2.24) is 14.8 Å². The van der Waals surface area contributed by atoms with Gasteiger partial charge in [-0.15, -0.1) is 22.7 Å². The maximum atomic E-state index is 5.88. The van der Waals surface area contributed by atoms with Crippen LogP contribution in [0.3, 0.4) is 0 Å². The molecule has 2 aliphatic rings. The van der Waals surface area contributed by atoms with Crippen molar-refractivity contribution in [2.75, 3.05) is 26.2 Å². The molecule has 136 valence electrons. The van der Waals surface area contributed by atoms with E-state index in [-0.39, 0.29) is 0 Å². The Labute approximate surface area is 158 Å². The Bertz CT molecular complexity index is 662. The van der Waals surface area contributed by atoms with Crippen LogP contribution in [0.1, 0.15) is 32.4 Å². The van der Waals surface area contributed by atoms with Gasteiger partial charge >= 0.3 is 0 Å². The van der Waals surface area contributed by atoms with Crippen LogP contribution in [0.25, 0.3) is 9.88 Å². The largest absolute Gasteiger partial charge is 0.373 e. The summed E-state index contributed by atoms with van der Waals surface area (Å²) in [7, 11) is 0. The number of thiophene rings is 1. The first-order valence-electron chi connectivity index (χ1n) is 9.27. The molecule has 0 spiro atoms. The molecule has 4 nitrogen and oxygen atoms in total. The van der Waals surface area contributed by atoms with Crippen LogP contribution in [-0.4, -0.2) is 59.2 Å². The van der Waals surface area contributed by atoms with Gasteiger partial charge in [-0.3, -0.25) is 9.80 Å². The van der Waals surface area contributed by atoms with Crippen LogP contribution in [0.4, 0.5) is 0 Å². The van der Waals surface area contributed by atoms with E-state index in [1.54, 1.807) is 22.7 Å². The lowest BCUT2D eigenvalue weighted by atomic mass is 10.1. The molecular weight excluding hydrogens is 350 g/mol. The molecule has 2 aliphatic heterocycles. The fraction of sp³-hybridized carbons (Fsp3) is 0.632. The number of rotatable bonds is 5. The van der Waals surface area contributed by atoms with Crippen LogP contribution in [-0.2, 0) is 11.3 Å². The van der Waals surface area contributed by atoms with Crippen LogP contribution in [0, 0.1) is 0 Å². The maximum absolute atomic E-state index is 5.88. The average molecular weight is 378 g/mol. The summed E-state index contributed by atoms with van der Waals surface area (Å²) in [6.45, 7) is 9.86. The number of likely N-dealkylation sites (tertiary alicyclic amines) is 1. The van der Waals surface area contributed by atoms with Gasteiger partial charge < -0.3 is 4.74 Å². The minimum absolute atomic E-state index is 0.352. The van der Waals surface area contributed by atoms with E-state index in [2.05, 4.69) is 46.5 Å². The molecule has 0 radical (unpaired) electrons. The Morgan fingerprint density at radius 3 is 2.84 bits per heavy atom. The quantitative estimate of drug-likeness (QED) is 0.789. The van der Waals surface area contributed by atoms with Crippen LogP contribution < -0.4 is 0 Å². The highest BCUT2D eigenvalue weighted by molar-refractivity contribution is 7.20. The van der Waals surface area contributed by atoms with E-state index in [9.17, 15) is 0 Å². The number of hydrogen-bond acceptors (Lipinski definition) is 6. The minimum Gasteiger partial charge on any atom is -0.373 e. The molecule has 0 bridgehead atoms. The standard InChI is InChI=1S/C19H27N3OS2/c1-14-9-21(10-15(2)23-14)12-17-5-3-7-22(17)11-16-13-25-19(20-16)18-6-4-8-24-18/h4,6,8,13-15,17H,3,5,7,9-12H2,1-2H3. The van der Waals surface area contributed by atoms with E-state index >= 15 is 0 Å². The molecule has 3 unspecified atom stereocenters. The second-order valence-electron chi connectivity index (χ2n) is 7.36. The summed E-state index contributed by atoms with van der Waals surface area (Å²) >= 11 is 3.55. The van der Waals surface area contributed by atoms with Crippen LogP contribution >= 0.6 is 22.7 Å². The van der Waals surface area contributed by atoms with Crippen molar-refractivity contribution in [3.63, 3.8) is 0 Å². The molecule has 2 fully saturated rings. The average Bonchev–Trinajstić information content (AvgIpc) is 3.29. The predicted octanol–water partition coefficient (Wildman–Crippen LogP) is 3.95. The number of nitrogens with zero attached hydrogens (tertiary/aromatic N) is 3. The maximum Gasteiger partial charge on any atom is 0.133 e. The summed E-state index contributed by atoms with van der Waals surface area (Å²) in [5.41, 5.74) is 1.23. The first-order chi connectivity index (χ1) is 12.2. The summed E-state index contributed by atoms with van der Waals surface area (Å²) in [6.07, 6.45) is 3.32. The van der Waals surface area contributed by atoms with Crippen molar-refractivity contribution in [2.45, 2.75) is 51.5 Å². The normalized spacial score (nSPS) is 28.6. The molecule has 0 aliphatic carbocycles. The fourth-order valence-electron chi connectivity index (χ4n) is 4.14. The number of ether oxygens (including phenoxy) is 1. The second-order valence-corrected chi connectivity index (χ2v) is 9.17. The highest BCUT2D eigenvalue weighted by atomic mass is 32.1. The van der Waals surface area contributed by atoms with Gasteiger partial charge in [0.25, 0.3) is 0 Å². The highest BCUT2D eigenvalue weighted by Gasteiger charge is 2.30. The molecule has 25 heavy (non-hydrogen) atoms. The van der Waals surface area contributed by atoms with Crippen molar-refractivity contribution in [3.8, 4) is 9.88 Å². The van der Waals surface area contributed by atoms with Gasteiger partial charge in [-0.1, -0.05) is 6.07 Å². The zero-order valence-electron chi connectivity index (χ0n) is 15.1. The third kappa shape index (κ3) is 4.31. The van der Waals surface area contributed by atoms with E-state index in [0.717, 1.165) is 24.6 Å². The second kappa shape index (κ2) is 7.84. The van der Waals surface area contributed by atoms with Gasteiger partial charge in [0, 0.05) is 37.6 Å². The molecule has 6 heteroatoms. The van der Waals surface area contributed by atoms with Gasteiger partial charge in [-0.05, 0) is 44.7 Å². The van der Waals surface area contributed by atoms with Crippen LogP contribution in [0.15, 0.2) is 22.9 Å². The number of hydrogen-bond donors (Lipinski definition) is 0.